The Morgan fingerprint density at radius 1 is 1.45 bits per heavy atom. The molecule has 1 aromatic rings. The summed E-state index contributed by atoms with van der Waals surface area (Å²) in [7, 11) is 0. The fourth-order valence-corrected chi connectivity index (χ4v) is 3.03. The van der Waals surface area contributed by atoms with Gasteiger partial charge in [-0.05, 0) is 17.0 Å². The van der Waals surface area contributed by atoms with Crippen LogP contribution in [0.15, 0.2) is 29.3 Å². The Hall–Kier alpha value is -1.88. The highest BCUT2D eigenvalue weighted by atomic mass is 16.5. The molecule has 0 aliphatic carbocycles. The monoisotopic (exact) mass is 273 g/mol. The summed E-state index contributed by atoms with van der Waals surface area (Å²) in [5.74, 6) is 0.682. The molecule has 0 bridgehead atoms. The Balaban J connectivity index is 2.14. The molecule has 2 aliphatic rings. The van der Waals surface area contributed by atoms with E-state index in [0.29, 0.717) is 31.5 Å². The van der Waals surface area contributed by atoms with E-state index in [2.05, 4.69) is 18.8 Å². The minimum atomic E-state index is -0.726. The molecule has 0 fully saturated rings. The first-order valence-corrected chi connectivity index (χ1v) is 6.88. The van der Waals surface area contributed by atoms with E-state index < -0.39 is 5.54 Å². The van der Waals surface area contributed by atoms with Crippen molar-refractivity contribution >= 4 is 11.9 Å². The van der Waals surface area contributed by atoms with Crippen LogP contribution in [0.25, 0.3) is 0 Å². The molecule has 2 heterocycles. The summed E-state index contributed by atoms with van der Waals surface area (Å²) in [5, 5.41) is 0. The Labute approximate surface area is 118 Å². The molecule has 0 radical (unpaired) electrons. The summed E-state index contributed by atoms with van der Waals surface area (Å²) in [4.78, 5) is 18.0. The van der Waals surface area contributed by atoms with Crippen LogP contribution >= 0.6 is 0 Å². The van der Waals surface area contributed by atoms with Crippen molar-refractivity contribution in [3.63, 3.8) is 0 Å². The maximum atomic E-state index is 12.2. The van der Waals surface area contributed by atoms with Gasteiger partial charge in [0.2, 0.25) is 0 Å². The molecule has 5 heteroatoms. The topological polar surface area (TPSA) is 67.9 Å². The van der Waals surface area contributed by atoms with Gasteiger partial charge >= 0.3 is 6.03 Å². The number of amides is 2. The van der Waals surface area contributed by atoms with E-state index in [-0.39, 0.29) is 6.03 Å². The summed E-state index contributed by atoms with van der Waals surface area (Å²) in [6, 6.07) is 7.70. The molecule has 0 aromatic heterocycles. The highest BCUT2D eigenvalue weighted by Crippen LogP contribution is 2.39. The summed E-state index contributed by atoms with van der Waals surface area (Å²) in [6.07, 6.45) is 0. The van der Waals surface area contributed by atoms with Gasteiger partial charge in [-0.2, -0.15) is 4.99 Å². The minimum Gasteiger partial charge on any atom is -0.385 e. The average molecular weight is 273 g/mol. The van der Waals surface area contributed by atoms with E-state index in [9.17, 15) is 4.79 Å². The van der Waals surface area contributed by atoms with E-state index in [0.717, 1.165) is 11.1 Å². The zero-order valence-electron chi connectivity index (χ0n) is 11.8. The number of nitrogens with two attached hydrogens (primary N) is 1. The molecule has 1 spiro atoms. The summed E-state index contributed by atoms with van der Waals surface area (Å²) >= 11 is 0. The van der Waals surface area contributed by atoms with E-state index in [1.807, 2.05) is 24.3 Å². The normalized spacial score (nSPS) is 25.2. The molecule has 1 atom stereocenters. The standard InChI is InChI=1S/C15H19N3O2/c1-10(2)7-18-14(19)17-13(16)15(18)9-20-8-11-5-3-4-6-12(11)15/h3-6,10H,7-9H2,1-2H3,(H2,16,17,19). The molecule has 1 unspecified atom stereocenters. The van der Waals surface area contributed by atoms with E-state index in [1.54, 1.807) is 4.90 Å². The van der Waals surface area contributed by atoms with Crippen molar-refractivity contribution in [3.8, 4) is 0 Å². The number of carbonyl (C=O) groups excluding carboxylic acids is 1. The van der Waals surface area contributed by atoms with Crippen LogP contribution in [0.3, 0.4) is 0 Å². The minimum absolute atomic E-state index is 0.267. The van der Waals surface area contributed by atoms with Gasteiger partial charge in [-0.25, -0.2) is 4.79 Å². The molecule has 1 aromatic carbocycles. The van der Waals surface area contributed by atoms with Crippen LogP contribution in [-0.2, 0) is 16.9 Å². The van der Waals surface area contributed by atoms with Crippen LogP contribution in [-0.4, -0.2) is 29.9 Å². The number of carbonyl (C=O) groups is 1. The molecule has 2 aliphatic heterocycles. The van der Waals surface area contributed by atoms with Crippen molar-refractivity contribution in [3.05, 3.63) is 35.4 Å². The first-order valence-electron chi connectivity index (χ1n) is 6.88. The molecule has 2 N–H and O–H groups in total. The highest BCUT2D eigenvalue weighted by molar-refractivity contribution is 6.06. The van der Waals surface area contributed by atoms with Crippen LogP contribution in [0.1, 0.15) is 25.0 Å². The largest absolute Gasteiger partial charge is 0.385 e. The van der Waals surface area contributed by atoms with Gasteiger partial charge < -0.3 is 15.4 Å². The molecule has 106 valence electrons. The third kappa shape index (κ3) is 1.73. The molecule has 5 nitrogen and oxygen atoms in total. The maximum absolute atomic E-state index is 12.2. The molecule has 3 rings (SSSR count). The van der Waals surface area contributed by atoms with Crippen LogP contribution < -0.4 is 5.73 Å². The van der Waals surface area contributed by atoms with E-state index >= 15 is 0 Å². The number of hydrogen-bond donors (Lipinski definition) is 1. The Kier molecular flexibility index (Phi) is 3.01. The first kappa shape index (κ1) is 13.1. The molecule has 0 saturated carbocycles. The van der Waals surface area contributed by atoms with Gasteiger partial charge in [0.1, 0.15) is 5.84 Å². The van der Waals surface area contributed by atoms with Crippen LogP contribution in [0, 0.1) is 5.92 Å². The van der Waals surface area contributed by atoms with Crippen molar-refractivity contribution in [2.45, 2.75) is 26.0 Å². The van der Waals surface area contributed by atoms with Crippen molar-refractivity contribution in [2.75, 3.05) is 13.2 Å². The van der Waals surface area contributed by atoms with Crippen LogP contribution in [0.2, 0.25) is 0 Å². The van der Waals surface area contributed by atoms with Gasteiger partial charge in [0, 0.05) is 6.54 Å². The number of amidine groups is 1. The van der Waals surface area contributed by atoms with Crippen molar-refractivity contribution < 1.29 is 9.53 Å². The number of aliphatic imine (C=N–C) groups is 1. The predicted molar refractivity (Wildman–Crippen MR) is 76.3 cm³/mol. The molecule has 20 heavy (non-hydrogen) atoms. The van der Waals surface area contributed by atoms with Gasteiger partial charge in [-0.3, -0.25) is 0 Å². The maximum Gasteiger partial charge on any atom is 0.346 e. The molecule has 2 amide bonds. The van der Waals surface area contributed by atoms with Crippen molar-refractivity contribution in [2.24, 2.45) is 16.6 Å². The number of hydrogen-bond acceptors (Lipinski definition) is 3. The SMILES string of the molecule is CC(C)CN1C(=O)N=C(N)C12COCc1ccccc12. The lowest BCUT2D eigenvalue weighted by molar-refractivity contribution is 0.0207. The average Bonchev–Trinajstić information content (AvgIpc) is 2.64. The summed E-state index contributed by atoms with van der Waals surface area (Å²) in [6.45, 7) is 5.68. The number of rotatable bonds is 2. The third-order valence-corrected chi connectivity index (χ3v) is 3.91. The first-order chi connectivity index (χ1) is 9.55. The quantitative estimate of drug-likeness (QED) is 0.894. The number of nitrogens with zero attached hydrogens (tertiary/aromatic N) is 2. The van der Waals surface area contributed by atoms with Gasteiger partial charge in [0.15, 0.2) is 5.54 Å². The number of benzene rings is 1. The lowest BCUT2D eigenvalue weighted by atomic mass is 9.83. The van der Waals surface area contributed by atoms with Gasteiger partial charge in [0.05, 0.1) is 13.2 Å². The number of fused-ring (bicyclic) bond motifs is 2. The number of urea groups is 1. The third-order valence-electron chi connectivity index (χ3n) is 3.91. The predicted octanol–water partition coefficient (Wildman–Crippen LogP) is 1.86. The number of ether oxygens (including phenoxy) is 1. The molecular weight excluding hydrogens is 254 g/mol. The van der Waals surface area contributed by atoms with Gasteiger partial charge in [-0.1, -0.05) is 38.1 Å². The second kappa shape index (κ2) is 4.59. The summed E-state index contributed by atoms with van der Waals surface area (Å²) < 4.78 is 5.71. The lowest BCUT2D eigenvalue weighted by Crippen LogP contribution is -2.57. The lowest BCUT2D eigenvalue weighted by Gasteiger charge is -2.42. The zero-order valence-corrected chi connectivity index (χ0v) is 11.8. The molecular formula is C15H19N3O2. The smallest absolute Gasteiger partial charge is 0.346 e. The van der Waals surface area contributed by atoms with E-state index in [4.69, 9.17) is 10.5 Å². The van der Waals surface area contributed by atoms with Crippen molar-refractivity contribution in [1.29, 1.82) is 0 Å². The fraction of sp³-hybridized carbons (Fsp3) is 0.467. The Bertz CT molecular complexity index is 582. The zero-order chi connectivity index (χ0) is 14.3. The van der Waals surface area contributed by atoms with Gasteiger partial charge in [0.25, 0.3) is 0 Å². The van der Waals surface area contributed by atoms with E-state index in [1.165, 1.54) is 0 Å². The molecule has 0 saturated heterocycles. The fourth-order valence-electron chi connectivity index (χ4n) is 3.03. The van der Waals surface area contributed by atoms with Crippen LogP contribution in [0.4, 0.5) is 4.79 Å². The van der Waals surface area contributed by atoms with Gasteiger partial charge in [-0.15, -0.1) is 0 Å². The highest BCUT2D eigenvalue weighted by Gasteiger charge is 2.52. The summed E-state index contributed by atoms with van der Waals surface area (Å²) in [5.41, 5.74) is 7.51. The van der Waals surface area contributed by atoms with Crippen molar-refractivity contribution in [1.82, 2.24) is 4.90 Å². The Morgan fingerprint density at radius 2 is 2.20 bits per heavy atom. The second-order valence-corrected chi connectivity index (χ2v) is 5.79. The van der Waals surface area contributed by atoms with Crippen LogP contribution in [0.5, 0.6) is 0 Å². The Morgan fingerprint density at radius 3 is 2.95 bits per heavy atom. The second-order valence-electron chi connectivity index (χ2n) is 5.79.